The van der Waals surface area contributed by atoms with E-state index in [1.807, 2.05) is 6.92 Å². The predicted molar refractivity (Wildman–Crippen MR) is 83.8 cm³/mol. The van der Waals surface area contributed by atoms with Crippen molar-refractivity contribution in [2.75, 3.05) is 0 Å². The first kappa shape index (κ1) is 15.0. The van der Waals surface area contributed by atoms with Crippen molar-refractivity contribution >= 4 is 17.2 Å². The topological polar surface area (TPSA) is 62.2 Å². The molecule has 5 heteroatoms. The molecule has 2 fully saturated rings. The fourth-order valence-corrected chi connectivity index (χ4v) is 4.63. The number of rotatable bonds is 3. The highest BCUT2D eigenvalue weighted by molar-refractivity contribution is 7.13. The SMILES string of the molecule is Cc1nc(C2CCCC2)sc1C(=O)NC1CCCCC1O. The summed E-state index contributed by atoms with van der Waals surface area (Å²) < 4.78 is 0. The number of hydrogen-bond donors (Lipinski definition) is 2. The molecule has 1 aromatic heterocycles. The second-order valence-corrected chi connectivity index (χ2v) is 7.41. The second kappa shape index (κ2) is 6.44. The third kappa shape index (κ3) is 3.29. The molecule has 2 aliphatic rings. The Bertz CT molecular complexity index is 508. The van der Waals surface area contributed by atoms with Gasteiger partial charge in [0.25, 0.3) is 5.91 Å². The first-order valence-electron chi connectivity index (χ1n) is 8.11. The van der Waals surface area contributed by atoms with Crippen LogP contribution >= 0.6 is 11.3 Å². The van der Waals surface area contributed by atoms with Gasteiger partial charge in [-0.3, -0.25) is 4.79 Å². The van der Waals surface area contributed by atoms with Gasteiger partial charge in [0.15, 0.2) is 0 Å². The van der Waals surface area contributed by atoms with Crippen LogP contribution in [0.15, 0.2) is 0 Å². The Morgan fingerprint density at radius 3 is 2.57 bits per heavy atom. The summed E-state index contributed by atoms with van der Waals surface area (Å²) >= 11 is 1.55. The smallest absolute Gasteiger partial charge is 0.263 e. The zero-order valence-electron chi connectivity index (χ0n) is 12.6. The maximum absolute atomic E-state index is 12.5. The number of aryl methyl sites for hydroxylation is 1. The molecule has 3 rings (SSSR count). The van der Waals surface area contributed by atoms with Crippen molar-refractivity contribution in [3.63, 3.8) is 0 Å². The van der Waals surface area contributed by atoms with Crippen LogP contribution in [0.4, 0.5) is 0 Å². The van der Waals surface area contributed by atoms with Gasteiger partial charge < -0.3 is 10.4 Å². The van der Waals surface area contributed by atoms with Crippen LogP contribution in [-0.2, 0) is 0 Å². The van der Waals surface area contributed by atoms with Gasteiger partial charge in [-0.1, -0.05) is 25.7 Å². The van der Waals surface area contributed by atoms with Crippen molar-refractivity contribution in [3.8, 4) is 0 Å². The Morgan fingerprint density at radius 1 is 1.19 bits per heavy atom. The van der Waals surface area contributed by atoms with Gasteiger partial charge in [-0.15, -0.1) is 11.3 Å². The summed E-state index contributed by atoms with van der Waals surface area (Å²) in [7, 11) is 0. The minimum Gasteiger partial charge on any atom is -0.391 e. The summed E-state index contributed by atoms with van der Waals surface area (Å²) in [4.78, 5) is 17.8. The number of hydrogen-bond acceptors (Lipinski definition) is 4. The minimum atomic E-state index is -0.398. The Morgan fingerprint density at radius 2 is 1.86 bits per heavy atom. The van der Waals surface area contributed by atoms with Crippen LogP contribution in [0.2, 0.25) is 0 Å². The lowest BCUT2D eigenvalue weighted by atomic mass is 9.92. The van der Waals surface area contributed by atoms with E-state index < -0.39 is 6.10 Å². The van der Waals surface area contributed by atoms with Gasteiger partial charge in [-0.25, -0.2) is 4.98 Å². The maximum Gasteiger partial charge on any atom is 0.263 e. The molecule has 2 unspecified atom stereocenters. The molecule has 116 valence electrons. The summed E-state index contributed by atoms with van der Waals surface area (Å²) in [5, 5.41) is 14.1. The molecule has 0 saturated heterocycles. The van der Waals surface area contributed by atoms with Crippen molar-refractivity contribution in [2.45, 2.75) is 76.4 Å². The van der Waals surface area contributed by atoms with Crippen LogP contribution in [0.25, 0.3) is 0 Å². The van der Waals surface area contributed by atoms with Gasteiger partial charge in [0.2, 0.25) is 0 Å². The van der Waals surface area contributed by atoms with Crippen LogP contribution in [0.5, 0.6) is 0 Å². The van der Waals surface area contributed by atoms with Crippen LogP contribution in [0.3, 0.4) is 0 Å². The number of carbonyl (C=O) groups is 1. The molecule has 4 nitrogen and oxygen atoms in total. The zero-order valence-corrected chi connectivity index (χ0v) is 13.4. The number of amides is 1. The highest BCUT2D eigenvalue weighted by atomic mass is 32.1. The molecule has 1 aromatic rings. The highest BCUT2D eigenvalue weighted by Gasteiger charge is 2.28. The highest BCUT2D eigenvalue weighted by Crippen LogP contribution is 2.37. The molecule has 0 bridgehead atoms. The minimum absolute atomic E-state index is 0.0554. The molecule has 2 N–H and O–H groups in total. The monoisotopic (exact) mass is 308 g/mol. The Kier molecular flexibility index (Phi) is 4.60. The van der Waals surface area contributed by atoms with Crippen molar-refractivity contribution in [1.29, 1.82) is 0 Å². The predicted octanol–water partition coefficient (Wildman–Crippen LogP) is 3.14. The molecule has 2 saturated carbocycles. The molecular weight excluding hydrogens is 284 g/mol. The number of nitrogens with zero attached hydrogens (tertiary/aromatic N) is 1. The summed E-state index contributed by atoms with van der Waals surface area (Å²) in [5.41, 5.74) is 0.838. The molecular formula is C16H24N2O2S. The third-order valence-corrected chi connectivity index (χ3v) is 6.09. The van der Waals surface area contributed by atoms with Crippen LogP contribution < -0.4 is 5.32 Å². The van der Waals surface area contributed by atoms with Gasteiger partial charge >= 0.3 is 0 Å². The van der Waals surface area contributed by atoms with E-state index in [2.05, 4.69) is 10.3 Å². The molecule has 1 heterocycles. The lowest BCUT2D eigenvalue weighted by Crippen LogP contribution is -2.45. The van der Waals surface area contributed by atoms with E-state index in [9.17, 15) is 9.90 Å². The van der Waals surface area contributed by atoms with E-state index in [1.54, 1.807) is 11.3 Å². The standard InChI is InChI=1S/C16H24N2O2S/c1-10-14(21-16(17-10)11-6-2-3-7-11)15(20)18-12-8-4-5-9-13(12)19/h11-13,19H,2-9H2,1H3,(H,18,20). The molecule has 2 atom stereocenters. The van der Waals surface area contributed by atoms with E-state index in [-0.39, 0.29) is 11.9 Å². The number of nitrogens with one attached hydrogen (secondary N) is 1. The number of thiazole rings is 1. The van der Waals surface area contributed by atoms with Crippen LogP contribution in [0.1, 0.15) is 77.7 Å². The van der Waals surface area contributed by atoms with E-state index in [1.165, 1.54) is 25.7 Å². The van der Waals surface area contributed by atoms with Gasteiger partial charge in [-0.2, -0.15) is 0 Å². The first-order chi connectivity index (χ1) is 10.1. The van der Waals surface area contributed by atoms with Gasteiger partial charge in [-0.05, 0) is 32.6 Å². The van der Waals surface area contributed by atoms with Gasteiger partial charge in [0, 0.05) is 5.92 Å². The fraction of sp³-hybridized carbons (Fsp3) is 0.750. The molecule has 2 aliphatic carbocycles. The fourth-order valence-electron chi connectivity index (χ4n) is 3.49. The molecule has 0 radical (unpaired) electrons. The second-order valence-electron chi connectivity index (χ2n) is 6.38. The average molecular weight is 308 g/mol. The van der Waals surface area contributed by atoms with Crippen molar-refractivity contribution in [3.05, 3.63) is 15.6 Å². The zero-order chi connectivity index (χ0) is 14.8. The normalized spacial score (nSPS) is 27.0. The molecule has 21 heavy (non-hydrogen) atoms. The lowest BCUT2D eigenvalue weighted by molar-refractivity contribution is 0.0719. The Labute approximate surface area is 130 Å². The Balaban J connectivity index is 1.69. The first-order valence-corrected chi connectivity index (χ1v) is 8.93. The van der Waals surface area contributed by atoms with Gasteiger partial charge in [0.1, 0.15) is 4.88 Å². The van der Waals surface area contributed by atoms with Crippen molar-refractivity contribution in [1.82, 2.24) is 10.3 Å². The van der Waals surface area contributed by atoms with Crippen molar-refractivity contribution < 1.29 is 9.90 Å². The summed E-state index contributed by atoms with van der Waals surface area (Å²) in [6.07, 6.45) is 8.36. The average Bonchev–Trinajstić information content (AvgIpc) is 3.10. The molecule has 1 amide bonds. The third-order valence-electron chi connectivity index (χ3n) is 4.77. The summed E-state index contributed by atoms with van der Waals surface area (Å²) in [6.45, 7) is 1.92. The molecule has 0 aromatic carbocycles. The summed E-state index contributed by atoms with van der Waals surface area (Å²) in [5.74, 6) is 0.496. The van der Waals surface area contributed by atoms with Gasteiger partial charge in [0.05, 0.1) is 22.8 Å². The maximum atomic E-state index is 12.5. The van der Waals surface area contributed by atoms with Crippen LogP contribution in [-0.4, -0.2) is 28.1 Å². The number of aromatic nitrogens is 1. The van der Waals surface area contributed by atoms with E-state index in [4.69, 9.17) is 0 Å². The number of aliphatic hydroxyl groups excluding tert-OH is 1. The number of aliphatic hydroxyl groups is 1. The quantitative estimate of drug-likeness (QED) is 0.901. The van der Waals surface area contributed by atoms with E-state index in [0.717, 1.165) is 41.3 Å². The molecule has 0 aliphatic heterocycles. The molecule has 0 spiro atoms. The van der Waals surface area contributed by atoms with E-state index in [0.29, 0.717) is 5.92 Å². The summed E-state index contributed by atoms with van der Waals surface area (Å²) in [6, 6.07) is -0.0947. The van der Waals surface area contributed by atoms with Crippen molar-refractivity contribution in [2.24, 2.45) is 0 Å². The Hall–Kier alpha value is -0.940. The van der Waals surface area contributed by atoms with Crippen LogP contribution in [0, 0.1) is 6.92 Å². The lowest BCUT2D eigenvalue weighted by Gasteiger charge is -2.28. The number of carbonyl (C=O) groups excluding carboxylic acids is 1. The largest absolute Gasteiger partial charge is 0.391 e. The van der Waals surface area contributed by atoms with E-state index >= 15 is 0 Å².